The zero-order valence-electron chi connectivity index (χ0n) is 5.34. The Morgan fingerprint density at radius 3 is 2.90 bits per heavy atom. The lowest BCUT2D eigenvalue weighted by molar-refractivity contribution is 0.0245. The van der Waals surface area contributed by atoms with Crippen molar-refractivity contribution in [1.82, 2.24) is 0 Å². The van der Waals surface area contributed by atoms with E-state index in [-0.39, 0.29) is 19.8 Å². The van der Waals surface area contributed by atoms with Crippen LogP contribution in [0.3, 0.4) is 0 Å². The molecule has 0 aromatic rings. The Bertz CT molecular complexity index is 123. The predicted molar refractivity (Wildman–Crippen MR) is 33.1 cm³/mol. The van der Waals surface area contributed by atoms with Crippen LogP contribution >= 0.6 is 0 Å². The lowest BCUT2D eigenvalue weighted by atomic mass is 10.6. The fraction of sp³-hybridized carbons (Fsp3) is 1.00. The first-order valence-electron chi connectivity index (χ1n) is 2.72. The molecule has 0 aromatic carbocycles. The van der Waals surface area contributed by atoms with Crippen LogP contribution in [0.1, 0.15) is 0 Å². The molecule has 0 radical (unpaired) electrons. The lowest BCUT2D eigenvalue weighted by Crippen LogP contribution is -2.13. The number of hydrogen-bond donors (Lipinski definition) is 2. The van der Waals surface area contributed by atoms with Crippen molar-refractivity contribution in [2.45, 2.75) is 6.23 Å². The second-order valence-electron chi connectivity index (χ2n) is 1.48. The predicted octanol–water partition coefficient (Wildman–Crippen LogP) is -0.376. The Kier molecular flexibility index (Phi) is 5.80. The molecule has 2 N–H and O–H groups in total. The number of aliphatic hydroxyl groups excluding tert-OH is 2. The van der Waals surface area contributed by atoms with Crippen molar-refractivity contribution >= 4 is 0 Å². The summed E-state index contributed by atoms with van der Waals surface area (Å²) in [5.74, 6) is 0. The maximum absolute atomic E-state index is 8.65. The van der Waals surface area contributed by atoms with E-state index in [0.717, 1.165) is 0 Å². The third kappa shape index (κ3) is 5.33. The van der Waals surface area contributed by atoms with Crippen molar-refractivity contribution < 1.29 is 14.9 Å². The summed E-state index contributed by atoms with van der Waals surface area (Å²) in [5, 5.41) is 19.8. The molecule has 0 rings (SSSR count). The van der Waals surface area contributed by atoms with Gasteiger partial charge in [-0.1, -0.05) is 5.11 Å². The molecule has 0 saturated carbocycles. The molecule has 6 heteroatoms. The van der Waals surface area contributed by atoms with Crippen molar-refractivity contribution in [3.8, 4) is 0 Å². The van der Waals surface area contributed by atoms with Gasteiger partial charge in [-0.05, 0) is 5.53 Å². The third-order valence-electron chi connectivity index (χ3n) is 0.687. The summed E-state index contributed by atoms with van der Waals surface area (Å²) >= 11 is 0. The minimum absolute atomic E-state index is 0.0787. The molecular weight excluding hydrogens is 138 g/mol. The fourth-order valence-electron chi connectivity index (χ4n) is 0.346. The van der Waals surface area contributed by atoms with Crippen LogP contribution in [0, 0.1) is 0 Å². The highest BCUT2D eigenvalue weighted by Gasteiger charge is 1.97. The van der Waals surface area contributed by atoms with E-state index < -0.39 is 6.23 Å². The molecule has 0 fully saturated rings. The quantitative estimate of drug-likeness (QED) is 0.240. The van der Waals surface area contributed by atoms with E-state index in [9.17, 15) is 0 Å². The maximum atomic E-state index is 8.65. The summed E-state index contributed by atoms with van der Waals surface area (Å²) in [4.78, 5) is 2.35. The average molecular weight is 147 g/mol. The highest BCUT2D eigenvalue weighted by molar-refractivity contribution is 4.50. The normalized spacial score (nSPS) is 12.2. The molecule has 1 atom stereocenters. The number of aliphatic hydroxyl groups is 2. The van der Waals surface area contributed by atoms with Crippen LogP contribution in [0.5, 0.6) is 0 Å². The van der Waals surface area contributed by atoms with Gasteiger partial charge in [0.05, 0.1) is 19.8 Å². The van der Waals surface area contributed by atoms with Crippen LogP contribution in [-0.2, 0) is 4.74 Å². The number of nitrogens with zero attached hydrogens (tertiary/aromatic N) is 3. The first-order valence-corrected chi connectivity index (χ1v) is 2.72. The third-order valence-corrected chi connectivity index (χ3v) is 0.687. The second-order valence-corrected chi connectivity index (χ2v) is 1.48. The maximum Gasteiger partial charge on any atom is 0.156 e. The summed E-state index contributed by atoms with van der Waals surface area (Å²) in [6, 6.07) is 0. The molecule has 0 saturated heterocycles. The fourth-order valence-corrected chi connectivity index (χ4v) is 0.346. The van der Waals surface area contributed by atoms with E-state index in [1.807, 2.05) is 0 Å². The van der Waals surface area contributed by atoms with Crippen LogP contribution in [-0.4, -0.2) is 36.3 Å². The summed E-state index contributed by atoms with van der Waals surface area (Å²) in [7, 11) is 0. The zero-order valence-corrected chi connectivity index (χ0v) is 5.34. The number of azide groups is 1. The van der Waals surface area contributed by atoms with E-state index in [2.05, 4.69) is 14.8 Å². The van der Waals surface area contributed by atoms with Gasteiger partial charge in [0.2, 0.25) is 0 Å². The molecule has 0 aliphatic heterocycles. The highest BCUT2D eigenvalue weighted by atomic mass is 16.5. The number of hydrogen-bond acceptors (Lipinski definition) is 4. The van der Waals surface area contributed by atoms with Crippen molar-refractivity contribution in [3.05, 3.63) is 10.4 Å². The van der Waals surface area contributed by atoms with E-state index in [1.54, 1.807) is 0 Å². The molecule has 58 valence electrons. The lowest BCUT2D eigenvalue weighted by Gasteiger charge is -2.02. The standard InChI is InChI=1S/C4H9N3O3/c5-7-6-4(9)3-10-2-1-8/h4,8-9H,1-3H2. The highest BCUT2D eigenvalue weighted by Crippen LogP contribution is 1.86. The number of rotatable bonds is 5. The van der Waals surface area contributed by atoms with Gasteiger partial charge in [-0.2, -0.15) is 0 Å². The Labute approximate surface area is 57.7 Å². The van der Waals surface area contributed by atoms with Crippen molar-refractivity contribution in [2.24, 2.45) is 5.11 Å². The molecule has 0 aliphatic carbocycles. The van der Waals surface area contributed by atoms with Crippen LogP contribution < -0.4 is 0 Å². The summed E-state index contributed by atoms with van der Waals surface area (Å²) in [6.07, 6.45) is -1.16. The van der Waals surface area contributed by atoms with Gasteiger partial charge in [0, 0.05) is 4.91 Å². The molecule has 10 heavy (non-hydrogen) atoms. The topological polar surface area (TPSA) is 98.5 Å². The first kappa shape index (κ1) is 9.19. The van der Waals surface area contributed by atoms with Crippen LogP contribution in [0.25, 0.3) is 10.4 Å². The Morgan fingerprint density at radius 2 is 2.40 bits per heavy atom. The molecule has 0 aliphatic rings. The monoisotopic (exact) mass is 147 g/mol. The zero-order chi connectivity index (χ0) is 7.82. The molecular formula is C4H9N3O3. The Hall–Kier alpha value is -0.810. The van der Waals surface area contributed by atoms with Gasteiger partial charge in [0.15, 0.2) is 6.23 Å². The van der Waals surface area contributed by atoms with Gasteiger partial charge in [0.25, 0.3) is 0 Å². The summed E-state index contributed by atoms with van der Waals surface area (Å²) in [6.45, 7) is -0.0500. The van der Waals surface area contributed by atoms with Crippen molar-refractivity contribution in [2.75, 3.05) is 19.8 Å². The van der Waals surface area contributed by atoms with Crippen molar-refractivity contribution in [3.63, 3.8) is 0 Å². The van der Waals surface area contributed by atoms with Crippen LogP contribution in [0.2, 0.25) is 0 Å². The summed E-state index contributed by atoms with van der Waals surface area (Å²) < 4.78 is 4.63. The van der Waals surface area contributed by atoms with E-state index in [1.165, 1.54) is 0 Å². The molecule has 0 spiro atoms. The molecule has 1 unspecified atom stereocenters. The Morgan fingerprint density at radius 1 is 1.70 bits per heavy atom. The largest absolute Gasteiger partial charge is 0.394 e. The van der Waals surface area contributed by atoms with E-state index >= 15 is 0 Å². The average Bonchev–Trinajstić information content (AvgIpc) is 1.89. The second kappa shape index (κ2) is 6.31. The first-order chi connectivity index (χ1) is 4.81. The minimum atomic E-state index is -1.16. The molecule has 0 bridgehead atoms. The van der Waals surface area contributed by atoms with Gasteiger partial charge in [-0.25, -0.2) is 0 Å². The molecule has 6 nitrogen and oxygen atoms in total. The van der Waals surface area contributed by atoms with Crippen molar-refractivity contribution in [1.29, 1.82) is 0 Å². The minimum Gasteiger partial charge on any atom is -0.394 e. The smallest absolute Gasteiger partial charge is 0.156 e. The Balaban J connectivity index is 3.21. The van der Waals surface area contributed by atoms with E-state index in [4.69, 9.17) is 15.7 Å². The van der Waals surface area contributed by atoms with E-state index in [0.29, 0.717) is 0 Å². The van der Waals surface area contributed by atoms with Gasteiger partial charge < -0.3 is 14.9 Å². The SMILES string of the molecule is [N-]=[N+]=NC(O)COCCO. The van der Waals surface area contributed by atoms with Gasteiger partial charge >= 0.3 is 0 Å². The van der Waals surface area contributed by atoms with Gasteiger partial charge in [0.1, 0.15) is 0 Å². The molecule has 0 aromatic heterocycles. The van der Waals surface area contributed by atoms with Gasteiger partial charge in [-0.3, -0.25) is 0 Å². The van der Waals surface area contributed by atoms with Crippen LogP contribution in [0.15, 0.2) is 5.11 Å². The molecule has 0 heterocycles. The van der Waals surface area contributed by atoms with Gasteiger partial charge in [-0.15, -0.1) is 0 Å². The summed E-state index contributed by atoms with van der Waals surface area (Å²) in [5.41, 5.74) is 7.79. The molecule has 0 amide bonds. The van der Waals surface area contributed by atoms with Crippen LogP contribution in [0.4, 0.5) is 0 Å². The number of ether oxygens (including phenoxy) is 1.